The summed E-state index contributed by atoms with van der Waals surface area (Å²) in [4.78, 5) is 172. The molecule has 33 nitrogen and oxygen atoms in total. The molecule has 7 heterocycles. The van der Waals surface area contributed by atoms with E-state index in [1.165, 1.54) is 14.7 Å². The number of hydrogen-bond donors (Lipinski definition) is 1. The number of carbonyl (C=O) groups excluding carboxylic acids is 13. The van der Waals surface area contributed by atoms with Gasteiger partial charge in [0, 0.05) is 130 Å². The highest BCUT2D eigenvalue weighted by Gasteiger charge is 2.48. The van der Waals surface area contributed by atoms with E-state index in [4.69, 9.17) is 24.1 Å². The second kappa shape index (κ2) is 45.2. The molecule has 0 radical (unpaired) electrons. The standard InChI is InChI=1S/C31H31N3O6S.C29H34N2O6S.C26H29N3O6S.C22H19NO6.ClH/c35-24-11-14-28(29(36)19-24)34-20-27-26(31(34)37)7-4-8-30(27)40-21-22-9-12-25(13-10-22)41(38,39)33-17-15-32(16-18-33)23-5-2-1-3-6-23;1-19(2)21-12-14-30(15-13-21)38(35,36)23-9-6-20(7-10-23)18-37-28-5-3-4-24-25(28)17-31(29(24)34)26-11-8-22(32)16-27(26)33;1-27-11-13-28(14-12-27)36(33,34)20-8-5-18(6-9-20)17-35-25-4-2-3-21-22(25)16-29(26(21)32)23-10-7-19(30)15-24(23)31;24-11-13-4-6-14(7-5-13)12-29-19-3-1-2-16-20(19)22(28)23(21(16)27)17-9-8-15(25)10-18(17)26;/h1-10,12-13,28H,11,14-21H2;3-7,9-10,19,21,26H,8,11-18H2,1-2H3;2-6,8-9,23H,7,10-17H2,1H3;1-7,17,24H,8-12H2;1H. The summed E-state index contributed by atoms with van der Waals surface area (Å²) in [7, 11) is -8.71. The fourth-order valence-electron chi connectivity index (χ4n) is 20.3. The highest BCUT2D eigenvalue weighted by Crippen LogP contribution is 2.42. The molecule has 4 unspecified atom stereocenters. The minimum absolute atomic E-state index is 0. The largest absolute Gasteiger partial charge is 0.489 e. The molecule has 37 heteroatoms. The van der Waals surface area contributed by atoms with Crippen LogP contribution in [0.15, 0.2) is 215 Å². The number of aliphatic hydroxyl groups excluding tert-OH is 1. The Balaban J connectivity index is 0.000000139. The molecule has 4 aliphatic carbocycles. The average Bonchev–Trinajstić information content (AvgIpc) is 1.62. The van der Waals surface area contributed by atoms with Crippen LogP contribution in [0.3, 0.4) is 0 Å². The van der Waals surface area contributed by atoms with E-state index in [9.17, 15) is 87.6 Å². The summed E-state index contributed by atoms with van der Waals surface area (Å²) in [5.74, 6) is -0.126. The summed E-state index contributed by atoms with van der Waals surface area (Å²) in [6.45, 7) is 11.4. The summed E-state index contributed by atoms with van der Waals surface area (Å²) in [6, 6.07) is 55.2. The minimum Gasteiger partial charge on any atom is -0.489 e. The third-order valence-electron chi connectivity index (χ3n) is 28.7. The highest BCUT2D eigenvalue weighted by molar-refractivity contribution is 7.89. The molecule has 5 amide bonds. The fraction of sp³-hybridized carbons (Fsp3) is 0.380. The number of fused-ring (bicyclic) bond motifs is 4. The number of carbonyl (C=O) groups is 13. The first-order valence-corrected chi connectivity index (χ1v) is 52.9. The maximum Gasteiger partial charge on any atom is 0.266 e. The van der Waals surface area contributed by atoms with Crippen molar-refractivity contribution < 1.29 is 112 Å². The van der Waals surface area contributed by atoms with Crippen molar-refractivity contribution in [3.63, 3.8) is 0 Å². The van der Waals surface area contributed by atoms with Crippen molar-refractivity contribution in [3.05, 3.63) is 273 Å². The van der Waals surface area contributed by atoms with Crippen LogP contribution in [0.1, 0.15) is 200 Å². The van der Waals surface area contributed by atoms with Crippen molar-refractivity contribution in [1.29, 1.82) is 0 Å². The van der Waals surface area contributed by atoms with Crippen LogP contribution in [0, 0.1) is 11.8 Å². The van der Waals surface area contributed by atoms with Crippen molar-refractivity contribution >= 4 is 124 Å². The van der Waals surface area contributed by atoms with Crippen LogP contribution in [-0.2, 0) is 121 Å². The molecule has 145 heavy (non-hydrogen) atoms. The number of Topliss-reactive ketones (excluding diaryl/α,β-unsaturated/α-hetero) is 8. The van der Waals surface area contributed by atoms with Crippen LogP contribution >= 0.6 is 12.4 Å². The zero-order chi connectivity index (χ0) is 102. The number of imide groups is 1. The number of likely N-dealkylation sites (N-methyl/N-ethyl adjacent to an activating group) is 1. The monoisotopic (exact) mass is 2050 g/mol. The van der Waals surface area contributed by atoms with E-state index in [1.54, 1.807) is 171 Å². The predicted molar refractivity (Wildman–Crippen MR) is 533 cm³/mol. The van der Waals surface area contributed by atoms with Gasteiger partial charge < -0.3 is 48.6 Å². The second-order valence-electron chi connectivity index (χ2n) is 38.2. The third-order valence-corrected chi connectivity index (χ3v) is 34.4. The van der Waals surface area contributed by atoms with E-state index in [1.807, 2.05) is 49.5 Å². The van der Waals surface area contributed by atoms with Crippen LogP contribution in [0.5, 0.6) is 23.0 Å². The Morgan fingerprint density at radius 1 is 0.324 bits per heavy atom. The number of halogens is 1. The smallest absolute Gasteiger partial charge is 0.266 e. The van der Waals surface area contributed by atoms with Gasteiger partial charge in [0.15, 0.2) is 23.1 Å². The van der Waals surface area contributed by atoms with Crippen LogP contribution in [0.4, 0.5) is 5.69 Å². The van der Waals surface area contributed by atoms with E-state index in [0.29, 0.717) is 150 Å². The Labute approximate surface area is 847 Å². The lowest BCUT2D eigenvalue weighted by Gasteiger charge is -2.35. The van der Waals surface area contributed by atoms with E-state index in [0.717, 1.165) is 67.9 Å². The first-order chi connectivity index (χ1) is 69.2. The highest BCUT2D eigenvalue weighted by atomic mass is 35.5. The number of nitrogens with zero attached hydrogens (tertiary/aromatic N) is 9. The molecule has 0 spiro atoms. The fourth-order valence-corrected chi connectivity index (χ4v) is 24.6. The molecule has 20 rings (SSSR count). The van der Waals surface area contributed by atoms with E-state index >= 15 is 0 Å². The number of ketones is 8. The molecule has 0 aromatic heterocycles. The zero-order valence-corrected chi connectivity index (χ0v) is 83.9. The lowest BCUT2D eigenvalue weighted by Crippen LogP contribution is -2.48. The van der Waals surface area contributed by atoms with Gasteiger partial charge in [0.25, 0.3) is 29.5 Å². The number of ether oxygens (including phenoxy) is 4. The van der Waals surface area contributed by atoms with Crippen molar-refractivity contribution in [2.45, 2.75) is 195 Å². The molecule has 9 aromatic rings. The number of para-hydroxylation sites is 1. The first-order valence-electron chi connectivity index (χ1n) is 48.6. The summed E-state index contributed by atoms with van der Waals surface area (Å²) in [5, 5.41) is 9.11. The molecule has 11 aliphatic rings. The van der Waals surface area contributed by atoms with Gasteiger partial charge in [-0.25, -0.2) is 25.3 Å². The quantitative estimate of drug-likeness (QED) is 0.0410. The summed E-state index contributed by atoms with van der Waals surface area (Å²) in [5.41, 5.74) is 9.14. The SMILES string of the molecule is CC(C)C1CCN(S(=O)(=O)c2ccc(COc3cccc4c3CN(C3CCC(=O)CC3=O)C4=O)cc2)CC1.CN1CCN(S(=O)(=O)c2ccc(COc3cccc4c3CN(C3CCC(=O)CC3=O)C4=O)cc2)CC1.Cl.O=C1CCC(N2C(=O)c3cccc(OCc4ccc(CO)cc4)c3C2=O)C(=O)C1.O=C1CCC(N2Cc3c(OCc4ccc(S(=O)(=O)N5CCN(c6ccccc6)CC5)cc4)cccc3C2=O)C(=O)C1. The minimum atomic E-state index is -3.62. The van der Waals surface area contributed by atoms with Crippen molar-refractivity contribution in [3.8, 4) is 23.0 Å². The topological polar surface area (TPSA) is 411 Å². The van der Waals surface area contributed by atoms with Gasteiger partial charge >= 0.3 is 0 Å². The maximum atomic E-state index is 13.3. The normalized spacial score (nSPS) is 20.4. The van der Waals surface area contributed by atoms with Crippen LogP contribution in [-0.4, -0.2) is 240 Å². The molecule has 0 bridgehead atoms. The Morgan fingerprint density at radius 2 is 0.634 bits per heavy atom. The zero-order valence-electron chi connectivity index (χ0n) is 80.6. The van der Waals surface area contributed by atoms with Gasteiger partial charge in [-0.05, 0) is 182 Å². The Bertz CT molecular complexity index is 6870. The second-order valence-corrected chi connectivity index (χ2v) is 44.0. The van der Waals surface area contributed by atoms with Gasteiger partial charge in [-0.15, -0.1) is 12.4 Å². The van der Waals surface area contributed by atoms with Crippen LogP contribution in [0.2, 0.25) is 0 Å². The van der Waals surface area contributed by atoms with E-state index < -0.39 is 71.8 Å². The molecule has 3 saturated heterocycles. The van der Waals surface area contributed by atoms with Gasteiger partial charge in [-0.3, -0.25) is 67.2 Å². The van der Waals surface area contributed by atoms with Gasteiger partial charge in [0.05, 0.1) is 102 Å². The molecule has 9 aromatic carbocycles. The first kappa shape index (κ1) is 105. The summed E-state index contributed by atoms with van der Waals surface area (Å²) < 4.78 is 107. The molecule has 4 atom stereocenters. The molecule has 760 valence electrons. The number of rotatable bonds is 25. The molecular weight excluding hydrogens is 1940 g/mol. The van der Waals surface area contributed by atoms with Gasteiger partial charge in [0.1, 0.15) is 72.6 Å². The maximum absolute atomic E-state index is 13.3. The van der Waals surface area contributed by atoms with Gasteiger partial charge in [0.2, 0.25) is 30.1 Å². The predicted octanol–water partition coefficient (Wildman–Crippen LogP) is 11.7. The number of aliphatic hydroxyl groups is 1. The lowest BCUT2D eigenvalue weighted by molar-refractivity contribution is -0.134. The Morgan fingerprint density at radius 3 is 0.979 bits per heavy atom. The van der Waals surface area contributed by atoms with Gasteiger partial charge in [-0.2, -0.15) is 12.9 Å². The molecule has 4 saturated carbocycles. The number of piperidine rings is 1. The number of piperazine rings is 2. The molecular formula is C108H114ClN9O24S3. The third kappa shape index (κ3) is 23.1. The van der Waals surface area contributed by atoms with Crippen LogP contribution in [0.25, 0.3) is 0 Å². The van der Waals surface area contributed by atoms with Crippen molar-refractivity contribution in [2.75, 3.05) is 77.4 Å². The Hall–Kier alpha value is -13.2. The van der Waals surface area contributed by atoms with Gasteiger partial charge in [-0.1, -0.05) is 117 Å². The number of hydrogen-bond acceptors (Lipinski definition) is 26. The molecule has 7 fully saturated rings. The van der Waals surface area contributed by atoms with Crippen LogP contribution < -0.4 is 23.8 Å². The number of benzene rings is 9. The lowest BCUT2D eigenvalue weighted by atomic mass is 9.87. The summed E-state index contributed by atoms with van der Waals surface area (Å²) >= 11 is 0. The molecule has 7 aliphatic heterocycles. The number of anilines is 1. The van der Waals surface area contributed by atoms with Crippen molar-refractivity contribution in [1.82, 2.24) is 37.4 Å². The van der Waals surface area contributed by atoms with Crippen molar-refractivity contribution in [2.24, 2.45) is 11.8 Å². The Kier molecular flexibility index (Phi) is 32.6. The number of sulfonamides is 3. The number of amides is 5. The van der Waals surface area contributed by atoms with E-state index in [-0.39, 0.29) is 193 Å². The van der Waals surface area contributed by atoms with E-state index in [2.05, 4.69) is 23.6 Å². The average molecular weight is 2050 g/mol. The molecule has 1 N–H and O–H groups in total. The summed E-state index contributed by atoms with van der Waals surface area (Å²) in [6.07, 6.45) is 3.50.